The fourth-order valence-electron chi connectivity index (χ4n) is 1.56. The topological polar surface area (TPSA) is 65.9 Å². The highest BCUT2D eigenvalue weighted by molar-refractivity contribution is 6.31. The zero-order chi connectivity index (χ0) is 15.6. The van der Waals surface area contributed by atoms with Gasteiger partial charge in [-0.3, -0.25) is 4.79 Å². The summed E-state index contributed by atoms with van der Waals surface area (Å²) in [6, 6.07) is 6.15. The number of hydrogen-bond donors (Lipinski definition) is 1. The molecule has 8 heteroatoms. The molecular formula is C13H6ClF3N2O2. The lowest BCUT2D eigenvalue weighted by molar-refractivity contribution is -0.138. The predicted molar refractivity (Wildman–Crippen MR) is 68.3 cm³/mol. The van der Waals surface area contributed by atoms with E-state index in [0.29, 0.717) is 6.07 Å². The summed E-state index contributed by atoms with van der Waals surface area (Å²) in [4.78, 5) is 13.6. The third kappa shape index (κ3) is 3.17. The molecule has 0 aliphatic heterocycles. The molecule has 0 spiro atoms. The standard InChI is InChI=1S/C13H6ClF3N2O2/c14-10-2-1-8(5-7(10)6-18)21-11-9(13(15,16)17)3-4-19-12(11)20/h1-5H,(H,19,20). The van der Waals surface area contributed by atoms with Gasteiger partial charge in [0.25, 0.3) is 5.56 Å². The summed E-state index contributed by atoms with van der Waals surface area (Å²) in [5.41, 5.74) is -2.21. The van der Waals surface area contributed by atoms with Crippen LogP contribution in [0.25, 0.3) is 0 Å². The Bertz CT molecular complexity index is 778. The van der Waals surface area contributed by atoms with Gasteiger partial charge in [-0.25, -0.2) is 0 Å². The maximum absolute atomic E-state index is 12.8. The number of nitriles is 1. The van der Waals surface area contributed by atoms with E-state index in [2.05, 4.69) is 4.98 Å². The molecule has 4 nitrogen and oxygen atoms in total. The number of rotatable bonds is 2. The molecule has 1 N–H and O–H groups in total. The summed E-state index contributed by atoms with van der Waals surface area (Å²) in [6.45, 7) is 0. The summed E-state index contributed by atoms with van der Waals surface area (Å²) >= 11 is 5.71. The van der Waals surface area contributed by atoms with Gasteiger partial charge >= 0.3 is 6.18 Å². The average molecular weight is 315 g/mol. The molecule has 108 valence electrons. The molecule has 21 heavy (non-hydrogen) atoms. The molecule has 1 aromatic carbocycles. The third-order valence-electron chi connectivity index (χ3n) is 2.50. The van der Waals surface area contributed by atoms with Gasteiger partial charge in [-0.1, -0.05) is 11.6 Å². The number of halogens is 4. The van der Waals surface area contributed by atoms with Gasteiger partial charge in [0.15, 0.2) is 0 Å². The molecule has 0 aliphatic carbocycles. The van der Waals surface area contributed by atoms with Crippen LogP contribution >= 0.6 is 11.6 Å². The van der Waals surface area contributed by atoms with E-state index in [-0.39, 0.29) is 16.3 Å². The number of aromatic amines is 1. The van der Waals surface area contributed by atoms with Crippen molar-refractivity contribution >= 4 is 11.6 Å². The molecule has 1 heterocycles. The number of nitrogens with one attached hydrogen (secondary N) is 1. The van der Waals surface area contributed by atoms with E-state index in [1.807, 2.05) is 0 Å². The first-order valence-electron chi connectivity index (χ1n) is 5.49. The number of pyridine rings is 1. The van der Waals surface area contributed by atoms with Crippen molar-refractivity contribution in [3.63, 3.8) is 0 Å². The van der Waals surface area contributed by atoms with Crippen molar-refractivity contribution in [2.45, 2.75) is 6.18 Å². The molecule has 0 radical (unpaired) electrons. The number of benzene rings is 1. The van der Waals surface area contributed by atoms with E-state index in [4.69, 9.17) is 21.6 Å². The number of H-pyrrole nitrogens is 1. The molecule has 0 fully saturated rings. The Morgan fingerprint density at radius 1 is 1.29 bits per heavy atom. The molecule has 0 amide bonds. The fraction of sp³-hybridized carbons (Fsp3) is 0.0769. The van der Waals surface area contributed by atoms with Crippen LogP contribution in [0.15, 0.2) is 35.3 Å². The van der Waals surface area contributed by atoms with Gasteiger partial charge in [0.1, 0.15) is 17.4 Å². The highest BCUT2D eigenvalue weighted by Gasteiger charge is 2.35. The number of ether oxygens (including phenoxy) is 1. The van der Waals surface area contributed by atoms with Crippen LogP contribution in [0.5, 0.6) is 11.5 Å². The molecule has 0 aliphatic rings. The Morgan fingerprint density at radius 2 is 2.00 bits per heavy atom. The van der Waals surface area contributed by atoms with Gasteiger partial charge < -0.3 is 9.72 Å². The lowest BCUT2D eigenvalue weighted by Crippen LogP contribution is -2.16. The summed E-state index contributed by atoms with van der Waals surface area (Å²) < 4.78 is 43.5. The van der Waals surface area contributed by atoms with E-state index in [0.717, 1.165) is 12.3 Å². The minimum absolute atomic E-state index is 0.0232. The first-order chi connectivity index (χ1) is 9.82. The van der Waals surface area contributed by atoms with Crippen LogP contribution in [-0.4, -0.2) is 4.98 Å². The summed E-state index contributed by atoms with van der Waals surface area (Å²) in [5.74, 6) is -0.991. The monoisotopic (exact) mass is 314 g/mol. The number of aromatic nitrogens is 1. The van der Waals surface area contributed by atoms with Crippen LogP contribution in [0.2, 0.25) is 5.02 Å². The van der Waals surface area contributed by atoms with Crippen LogP contribution in [0.3, 0.4) is 0 Å². The first-order valence-corrected chi connectivity index (χ1v) is 5.87. The second-order valence-corrected chi connectivity index (χ2v) is 4.31. The third-order valence-corrected chi connectivity index (χ3v) is 2.83. The largest absolute Gasteiger partial charge is 0.451 e. The van der Waals surface area contributed by atoms with Crippen LogP contribution < -0.4 is 10.3 Å². The van der Waals surface area contributed by atoms with Gasteiger partial charge in [-0.15, -0.1) is 0 Å². The van der Waals surface area contributed by atoms with Crippen molar-refractivity contribution in [2.75, 3.05) is 0 Å². The molecule has 0 unspecified atom stereocenters. The summed E-state index contributed by atoms with van der Waals surface area (Å²) in [5, 5.41) is 8.94. The number of hydrogen-bond acceptors (Lipinski definition) is 3. The molecule has 0 saturated carbocycles. The molecule has 2 rings (SSSR count). The van der Waals surface area contributed by atoms with E-state index in [9.17, 15) is 18.0 Å². The normalized spacial score (nSPS) is 11.0. The van der Waals surface area contributed by atoms with Gasteiger partial charge in [-0.05, 0) is 18.2 Å². The van der Waals surface area contributed by atoms with E-state index in [1.54, 1.807) is 6.07 Å². The summed E-state index contributed by atoms with van der Waals surface area (Å²) in [6.07, 6.45) is -3.87. The van der Waals surface area contributed by atoms with Crippen LogP contribution in [0, 0.1) is 11.3 Å². The van der Waals surface area contributed by atoms with Crippen LogP contribution in [-0.2, 0) is 6.18 Å². The van der Waals surface area contributed by atoms with Gasteiger partial charge in [0.2, 0.25) is 5.75 Å². The van der Waals surface area contributed by atoms with E-state index >= 15 is 0 Å². The molecular weight excluding hydrogens is 309 g/mol. The maximum Gasteiger partial charge on any atom is 0.420 e. The molecule has 0 atom stereocenters. The number of alkyl halides is 3. The van der Waals surface area contributed by atoms with Gasteiger partial charge in [0.05, 0.1) is 10.6 Å². The van der Waals surface area contributed by atoms with Crippen molar-refractivity contribution in [1.29, 1.82) is 5.26 Å². The maximum atomic E-state index is 12.8. The molecule has 1 aromatic heterocycles. The Labute approximate surface area is 121 Å². The highest BCUT2D eigenvalue weighted by atomic mass is 35.5. The average Bonchev–Trinajstić information content (AvgIpc) is 2.41. The van der Waals surface area contributed by atoms with Crippen molar-refractivity contribution in [1.82, 2.24) is 4.98 Å². The molecule has 0 bridgehead atoms. The fourth-order valence-corrected chi connectivity index (χ4v) is 1.72. The quantitative estimate of drug-likeness (QED) is 0.919. The van der Waals surface area contributed by atoms with E-state index < -0.39 is 23.0 Å². The van der Waals surface area contributed by atoms with Gasteiger partial charge in [0, 0.05) is 12.3 Å². The highest BCUT2D eigenvalue weighted by Crippen LogP contribution is 2.36. The second-order valence-electron chi connectivity index (χ2n) is 3.90. The smallest absolute Gasteiger partial charge is 0.420 e. The summed E-state index contributed by atoms with van der Waals surface area (Å²) in [7, 11) is 0. The van der Waals surface area contributed by atoms with Gasteiger partial charge in [-0.2, -0.15) is 18.4 Å². The Morgan fingerprint density at radius 3 is 2.62 bits per heavy atom. The van der Waals surface area contributed by atoms with Crippen molar-refractivity contribution in [2.24, 2.45) is 0 Å². The zero-order valence-corrected chi connectivity index (χ0v) is 10.9. The van der Waals surface area contributed by atoms with Crippen molar-refractivity contribution in [3.8, 4) is 17.6 Å². The lowest BCUT2D eigenvalue weighted by atomic mass is 10.2. The Kier molecular flexibility index (Phi) is 3.91. The lowest BCUT2D eigenvalue weighted by Gasteiger charge is -2.12. The number of nitrogens with zero attached hydrogens (tertiary/aromatic N) is 1. The van der Waals surface area contributed by atoms with Crippen molar-refractivity contribution in [3.05, 3.63) is 57.0 Å². The minimum Gasteiger partial charge on any atom is -0.451 e. The second kappa shape index (κ2) is 5.50. The SMILES string of the molecule is N#Cc1cc(Oc2c(C(F)(F)F)cc[nH]c2=O)ccc1Cl. The molecule has 0 saturated heterocycles. The Hall–Kier alpha value is -2.46. The molecule has 2 aromatic rings. The predicted octanol–water partition coefficient (Wildman–Crippen LogP) is 3.71. The van der Waals surface area contributed by atoms with Crippen LogP contribution in [0.1, 0.15) is 11.1 Å². The van der Waals surface area contributed by atoms with Crippen LogP contribution in [0.4, 0.5) is 13.2 Å². The Balaban J connectivity index is 2.50. The van der Waals surface area contributed by atoms with E-state index in [1.165, 1.54) is 12.1 Å². The zero-order valence-electron chi connectivity index (χ0n) is 10.2. The first kappa shape index (κ1) is 14.9. The van der Waals surface area contributed by atoms with Crippen molar-refractivity contribution < 1.29 is 17.9 Å². The minimum atomic E-state index is -4.74.